The lowest BCUT2D eigenvalue weighted by Gasteiger charge is -2.09. The van der Waals surface area contributed by atoms with Gasteiger partial charge in [-0.25, -0.2) is 13.8 Å². The maximum Gasteiger partial charge on any atom is 0.265 e. The summed E-state index contributed by atoms with van der Waals surface area (Å²) >= 11 is 1.55. The first-order valence-corrected chi connectivity index (χ1v) is 5.55. The number of alkyl halides is 2. The molecule has 0 aliphatic rings. The highest BCUT2D eigenvalue weighted by molar-refractivity contribution is 7.11. The van der Waals surface area contributed by atoms with Crippen molar-refractivity contribution in [1.82, 2.24) is 10.3 Å². The van der Waals surface area contributed by atoms with Gasteiger partial charge in [-0.3, -0.25) is 0 Å². The standard InChI is InChI=1S/C9H14F2N2OS/c1-2-8-13-4-6(15-8)3-12-5-7(14)9(10)11/h4,7,9,12,14H,2-3,5H2,1H3. The molecule has 0 aromatic carbocycles. The van der Waals surface area contributed by atoms with Gasteiger partial charge in [0.15, 0.2) is 0 Å². The van der Waals surface area contributed by atoms with Crippen LogP contribution >= 0.6 is 11.3 Å². The van der Waals surface area contributed by atoms with Gasteiger partial charge in [-0.15, -0.1) is 11.3 Å². The Balaban J connectivity index is 2.25. The van der Waals surface area contributed by atoms with Gasteiger partial charge in [-0.05, 0) is 6.42 Å². The highest BCUT2D eigenvalue weighted by atomic mass is 32.1. The smallest absolute Gasteiger partial charge is 0.265 e. The van der Waals surface area contributed by atoms with Crippen LogP contribution in [0.15, 0.2) is 6.20 Å². The van der Waals surface area contributed by atoms with Crippen molar-refractivity contribution in [2.24, 2.45) is 0 Å². The van der Waals surface area contributed by atoms with Gasteiger partial charge < -0.3 is 10.4 Å². The molecular weight excluding hydrogens is 222 g/mol. The van der Waals surface area contributed by atoms with Crippen LogP contribution in [-0.2, 0) is 13.0 Å². The van der Waals surface area contributed by atoms with Crippen molar-refractivity contribution in [2.45, 2.75) is 32.4 Å². The van der Waals surface area contributed by atoms with Crippen LogP contribution in [0.25, 0.3) is 0 Å². The molecule has 1 aromatic rings. The first kappa shape index (κ1) is 12.5. The fourth-order valence-corrected chi connectivity index (χ4v) is 1.86. The molecule has 3 nitrogen and oxygen atoms in total. The lowest BCUT2D eigenvalue weighted by atomic mass is 10.3. The summed E-state index contributed by atoms with van der Waals surface area (Å²) in [5, 5.41) is 12.6. The highest BCUT2D eigenvalue weighted by Gasteiger charge is 2.15. The molecule has 0 aliphatic heterocycles. The van der Waals surface area contributed by atoms with E-state index in [0.29, 0.717) is 6.54 Å². The van der Waals surface area contributed by atoms with Crippen LogP contribution < -0.4 is 5.32 Å². The number of aryl methyl sites for hydroxylation is 1. The average molecular weight is 236 g/mol. The van der Waals surface area contributed by atoms with E-state index < -0.39 is 12.5 Å². The Kier molecular flexibility index (Phi) is 5.07. The van der Waals surface area contributed by atoms with E-state index in [0.717, 1.165) is 16.3 Å². The zero-order valence-corrected chi connectivity index (χ0v) is 9.23. The third-order valence-electron chi connectivity index (χ3n) is 1.85. The molecule has 15 heavy (non-hydrogen) atoms. The monoisotopic (exact) mass is 236 g/mol. The Labute approximate surface area is 91.2 Å². The van der Waals surface area contributed by atoms with Crippen molar-refractivity contribution < 1.29 is 13.9 Å². The summed E-state index contributed by atoms with van der Waals surface area (Å²) in [5.74, 6) is 0. The van der Waals surface area contributed by atoms with Gasteiger partial charge in [0.2, 0.25) is 0 Å². The lowest BCUT2D eigenvalue weighted by molar-refractivity contribution is -0.00337. The molecule has 0 bridgehead atoms. The van der Waals surface area contributed by atoms with Crippen LogP contribution in [0.4, 0.5) is 8.78 Å². The van der Waals surface area contributed by atoms with Crippen molar-refractivity contribution in [3.63, 3.8) is 0 Å². The minimum Gasteiger partial charge on any atom is -0.386 e. The maximum absolute atomic E-state index is 11.9. The third kappa shape index (κ3) is 4.19. The second-order valence-corrected chi connectivity index (χ2v) is 4.31. The van der Waals surface area contributed by atoms with Crippen LogP contribution in [0.1, 0.15) is 16.8 Å². The van der Waals surface area contributed by atoms with E-state index in [4.69, 9.17) is 5.11 Å². The molecule has 1 heterocycles. The Hall–Kier alpha value is -0.590. The number of nitrogens with one attached hydrogen (secondary N) is 1. The van der Waals surface area contributed by atoms with E-state index in [9.17, 15) is 8.78 Å². The fraction of sp³-hybridized carbons (Fsp3) is 0.667. The summed E-state index contributed by atoms with van der Waals surface area (Å²) in [4.78, 5) is 5.13. The average Bonchev–Trinajstić information content (AvgIpc) is 2.65. The molecule has 0 saturated carbocycles. The van der Waals surface area contributed by atoms with Crippen molar-refractivity contribution in [3.8, 4) is 0 Å². The van der Waals surface area contributed by atoms with Crippen molar-refractivity contribution in [1.29, 1.82) is 0 Å². The van der Waals surface area contributed by atoms with Gasteiger partial charge in [0.1, 0.15) is 6.10 Å². The minimum absolute atomic E-state index is 0.100. The SMILES string of the molecule is CCc1ncc(CNCC(O)C(F)F)s1. The summed E-state index contributed by atoms with van der Waals surface area (Å²) in [7, 11) is 0. The van der Waals surface area contributed by atoms with Gasteiger partial charge in [0.25, 0.3) is 6.43 Å². The van der Waals surface area contributed by atoms with E-state index in [1.807, 2.05) is 6.92 Å². The lowest BCUT2D eigenvalue weighted by Crippen LogP contribution is -2.31. The van der Waals surface area contributed by atoms with Gasteiger partial charge >= 0.3 is 0 Å². The summed E-state index contributed by atoms with van der Waals surface area (Å²) in [6.45, 7) is 2.38. The number of hydrogen-bond donors (Lipinski definition) is 2. The van der Waals surface area contributed by atoms with E-state index >= 15 is 0 Å². The van der Waals surface area contributed by atoms with E-state index in [-0.39, 0.29) is 6.54 Å². The van der Waals surface area contributed by atoms with Crippen LogP contribution in [-0.4, -0.2) is 29.2 Å². The Morgan fingerprint density at radius 2 is 2.33 bits per heavy atom. The van der Waals surface area contributed by atoms with Crippen molar-refractivity contribution >= 4 is 11.3 Å². The molecule has 0 amide bonds. The number of nitrogens with zero attached hydrogens (tertiary/aromatic N) is 1. The van der Waals surface area contributed by atoms with E-state index in [2.05, 4.69) is 10.3 Å². The topological polar surface area (TPSA) is 45.2 Å². The summed E-state index contributed by atoms with van der Waals surface area (Å²) in [5.41, 5.74) is 0. The number of aliphatic hydroxyl groups excluding tert-OH is 1. The summed E-state index contributed by atoms with van der Waals surface area (Å²) < 4.78 is 23.8. The van der Waals surface area contributed by atoms with Crippen molar-refractivity contribution in [2.75, 3.05) is 6.54 Å². The zero-order valence-electron chi connectivity index (χ0n) is 8.41. The molecule has 2 N–H and O–H groups in total. The predicted octanol–water partition coefficient (Wildman–Crippen LogP) is 1.42. The second kappa shape index (κ2) is 6.09. The molecular formula is C9H14F2N2OS. The fourth-order valence-electron chi connectivity index (χ4n) is 1.03. The number of aromatic nitrogens is 1. The molecule has 1 atom stereocenters. The van der Waals surface area contributed by atoms with Crippen molar-refractivity contribution in [3.05, 3.63) is 16.1 Å². The van der Waals surface area contributed by atoms with Crippen LogP contribution in [0.5, 0.6) is 0 Å². The quantitative estimate of drug-likeness (QED) is 0.785. The molecule has 1 aromatic heterocycles. The molecule has 1 rings (SSSR count). The number of aliphatic hydroxyl groups is 1. The Morgan fingerprint density at radius 3 is 2.87 bits per heavy atom. The summed E-state index contributed by atoms with van der Waals surface area (Å²) in [6.07, 6.45) is -1.68. The van der Waals surface area contributed by atoms with Gasteiger partial charge in [0.05, 0.1) is 5.01 Å². The third-order valence-corrected chi connectivity index (χ3v) is 2.99. The number of thiazole rings is 1. The number of halogens is 2. The van der Waals surface area contributed by atoms with E-state index in [1.165, 1.54) is 0 Å². The zero-order chi connectivity index (χ0) is 11.3. The molecule has 0 fully saturated rings. The molecule has 86 valence electrons. The van der Waals surface area contributed by atoms with Gasteiger partial charge in [-0.2, -0.15) is 0 Å². The second-order valence-electron chi connectivity index (χ2n) is 3.11. The Bertz CT molecular complexity index is 293. The normalized spacial score (nSPS) is 13.4. The number of rotatable bonds is 6. The van der Waals surface area contributed by atoms with Gasteiger partial charge in [-0.1, -0.05) is 6.92 Å². The first-order valence-electron chi connectivity index (χ1n) is 4.74. The summed E-state index contributed by atoms with van der Waals surface area (Å²) in [6, 6.07) is 0. The molecule has 1 unspecified atom stereocenters. The largest absolute Gasteiger partial charge is 0.386 e. The molecule has 6 heteroatoms. The highest BCUT2D eigenvalue weighted by Crippen LogP contribution is 2.12. The maximum atomic E-state index is 11.9. The minimum atomic E-state index is -2.69. The molecule has 0 aliphatic carbocycles. The molecule has 0 spiro atoms. The molecule has 0 radical (unpaired) electrons. The van der Waals surface area contributed by atoms with Crippen LogP contribution in [0, 0.1) is 0 Å². The predicted molar refractivity (Wildman–Crippen MR) is 55.2 cm³/mol. The number of hydrogen-bond acceptors (Lipinski definition) is 4. The van der Waals surface area contributed by atoms with E-state index in [1.54, 1.807) is 17.5 Å². The Morgan fingerprint density at radius 1 is 1.60 bits per heavy atom. The first-order chi connectivity index (χ1) is 7.13. The van der Waals surface area contributed by atoms with Crippen LogP contribution in [0.2, 0.25) is 0 Å². The van der Waals surface area contributed by atoms with Gasteiger partial charge in [0, 0.05) is 24.2 Å². The molecule has 0 saturated heterocycles. The van der Waals surface area contributed by atoms with Crippen LogP contribution in [0.3, 0.4) is 0 Å².